The van der Waals surface area contributed by atoms with E-state index in [1.807, 2.05) is 0 Å². The fourth-order valence-electron chi connectivity index (χ4n) is 1.54. The van der Waals surface area contributed by atoms with E-state index in [0.717, 1.165) is 12.1 Å². The molecule has 2 aromatic rings. The quantitative estimate of drug-likeness (QED) is 0.801. The number of nitrogens with one attached hydrogen (secondary N) is 2. The lowest BCUT2D eigenvalue weighted by atomic mass is 10.1. The molecule has 1 amide bonds. The van der Waals surface area contributed by atoms with E-state index in [9.17, 15) is 18.4 Å². The molecule has 0 saturated carbocycles. The largest absolute Gasteiger partial charge is 0.477 e. The van der Waals surface area contributed by atoms with Crippen molar-refractivity contribution >= 4 is 17.7 Å². The van der Waals surface area contributed by atoms with E-state index >= 15 is 0 Å². The maximum Gasteiger partial charge on any atom is 0.353 e. The first-order valence-electron chi connectivity index (χ1n) is 5.45. The fraction of sp³-hybridized carbons (Fsp3) is 0.0833. The number of amides is 1. The van der Waals surface area contributed by atoms with Crippen molar-refractivity contribution in [2.45, 2.75) is 6.92 Å². The predicted octanol–water partition coefficient (Wildman–Crippen LogP) is 1.95. The van der Waals surface area contributed by atoms with Crippen LogP contribution in [-0.2, 0) is 0 Å². The highest BCUT2D eigenvalue weighted by molar-refractivity contribution is 6.04. The number of carbonyl (C=O) groups is 2. The number of aryl methyl sites for hydroxylation is 1. The van der Waals surface area contributed by atoms with Crippen LogP contribution in [0.25, 0.3) is 0 Å². The van der Waals surface area contributed by atoms with E-state index in [2.05, 4.69) is 15.5 Å². The van der Waals surface area contributed by atoms with Crippen molar-refractivity contribution in [3.8, 4) is 0 Å². The lowest BCUT2D eigenvalue weighted by Gasteiger charge is -2.06. The summed E-state index contributed by atoms with van der Waals surface area (Å²) in [5.41, 5.74) is -0.889. The van der Waals surface area contributed by atoms with Gasteiger partial charge in [-0.1, -0.05) is 6.07 Å². The number of carboxylic acids is 1. The molecule has 104 valence electrons. The average Bonchev–Trinajstić information content (AvgIpc) is 2.83. The Labute approximate surface area is 111 Å². The minimum atomic E-state index is -1.27. The van der Waals surface area contributed by atoms with Gasteiger partial charge in [-0.2, -0.15) is 5.10 Å². The van der Waals surface area contributed by atoms with Crippen molar-refractivity contribution in [1.82, 2.24) is 10.2 Å². The number of rotatable bonds is 3. The van der Waals surface area contributed by atoms with Crippen LogP contribution in [0.4, 0.5) is 14.6 Å². The molecule has 6 nitrogen and oxygen atoms in total. The van der Waals surface area contributed by atoms with Gasteiger partial charge in [-0.25, -0.2) is 13.6 Å². The van der Waals surface area contributed by atoms with Gasteiger partial charge in [0.1, 0.15) is 22.9 Å². The Morgan fingerprint density at radius 3 is 2.65 bits per heavy atom. The number of carboxylic acid groups (broad SMARTS) is 1. The lowest BCUT2D eigenvalue weighted by molar-refractivity contribution is 0.0690. The molecule has 1 aromatic heterocycles. The number of aromatic amines is 1. The topological polar surface area (TPSA) is 95.1 Å². The molecule has 0 aliphatic heterocycles. The normalized spacial score (nSPS) is 10.3. The van der Waals surface area contributed by atoms with E-state index in [1.165, 1.54) is 13.0 Å². The van der Waals surface area contributed by atoms with E-state index in [1.54, 1.807) is 0 Å². The van der Waals surface area contributed by atoms with Crippen molar-refractivity contribution < 1.29 is 23.5 Å². The standard InChI is InChI=1S/C12H9F2N3O3/c1-5-2-3-6(13)9(10(5)14)11(18)15-8-4-7(12(19)20)16-17-8/h2-4H,1H3,(H,19,20)(H2,15,16,17,18). The molecule has 1 aromatic carbocycles. The molecule has 2 rings (SSSR count). The first-order chi connectivity index (χ1) is 9.40. The number of hydrogen-bond donors (Lipinski definition) is 3. The van der Waals surface area contributed by atoms with Gasteiger partial charge in [-0.3, -0.25) is 9.89 Å². The summed E-state index contributed by atoms with van der Waals surface area (Å²) in [5.74, 6) is -4.46. The van der Waals surface area contributed by atoms with Crippen LogP contribution in [0.3, 0.4) is 0 Å². The molecule has 0 aliphatic carbocycles. The van der Waals surface area contributed by atoms with Gasteiger partial charge in [-0.05, 0) is 18.6 Å². The van der Waals surface area contributed by atoms with Gasteiger partial charge < -0.3 is 10.4 Å². The van der Waals surface area contributed by atoms with Crippen molar-refractivity contribution in [3.05, 3.63) is 46.7 Å². The molecular weight excluding hydrogens is 272 g/mol. The molecule has 20 heavy (non-hydrogen) atoms. The molecule has 0 bridgehead atoms. The molecule has 1 heterocycles. The summed E-state index contributed by atoms with van der Waals surface area (Å²) >= 11 is 0. The zero-order valence-corrected chi connectivity index (χ0v) is 10.2. The first kappa shape index (κ1) is 13.7. The number of halogens is 2. The van der Waals surface area contributed by atoms with Gasteiger partial charge in [-0.15, -0.1) is 0 Å². The van der Waals surface area contributed by atoms with Crippen LogP contribution in [0.2, 0.25) is 0 Å². The highest BCUT2D eigenvalue weighted by atomic mass is 19.1. The predicted molar refractivity (Wildman–Crippen MR) is 64.6 cm³/mol. The lowest BCUT2D eigenvalue weighted by Crippen LogP contribution is -2.16. The number of aromatic carboxylic acids is 1. The van der Waals surface area contributed by atoms with Crippen LogP contribution in [0.15, 0.2) is 18.2 Å². The van der Waals surface area contributed by atoms with E-state index in [4.69, 9.17) is 5.11 Å². The second-order valence-electron chi connectivity index (χ2n) is 3.98. The molecule has 0 radical (unpaired) electrons. The molecule has 3 N–H and O–H groups in total. The smallest absolute Gasteiger partial charge is 0.353 e. The van der Waals surface area contributed by atoms with Crippen LogP contribution in [0, 0.1) is 18.6 Å². The Hall–Kier alpha value is -2.77. The number of anilines is 1. The summed E-state index contributed by atoms with van der Waals surface area (Å²) in [6.07, 6.45) is 0. The van der Waals surface area contributed by atoms with Crippen LogP contribution < -0.4 is 5.32 Å². The summed E-state index contributed by atoms with van der Waals surface area (Å²) in [7, 11) is 0. The van der Waals surface area contributed by atoms with Gasteiger partial charge in [0.15, 0.2) is 5.82 Å². The van der Waals surface area contributed by atoms with Crippen molar-refractivity contribution in [2.75, 3.05) is 5.32 Å². The fourth-order valence-corrected chi connectivity index (χ4v) is 1.54. The molecule has 8 heteroatoms. The summed E-state index contributed by atoms with van der Waals surface area (Å²) < 4.78 is 27.2. The van der Waals surface area contributed by atoms with Gasteiger partial charge in [0, 0.05) is 6.07 Å². The molecule has 0 unspecified atom stereocenters. The van der Waals surface area contributed by atoms with Crippen molar-refractivity contribution in [2.24, 2.45) is 0 Å². The Kier molecular flexibility index (Phi) is 3.47. The van der Waals surface area contributed by atoms with Crippen LogP contribution in [-0.4, -0.2) is 27.2 Å². The van der Waals surface area contributed by atoms with Gasteiger partial charge >= 0.3 is 5.97 Å². The number of benzene rings is 1. The highest BCUT2D eigenvalue weighted by Crippen LogP contribution is 2.18. The van der Waals surface area contributed by atoms with Crippen LogP contribution in [0.5, 0.6) is 0 Å². The second kappa shape index (κ2) is 5.08. The Balaban J connectivity index is 2.28. The number of H-pyrrole nitrogens is 1. The maximum absolute atomic E-state index is 13.7. The Morgan fingerprint density at radius 2 is 2.05 bits per heavy atom. The number of carbonyl (C=O) groups excluding carboxylic acids is 1. The summed E-state index contributed by atoms with van der Waals surface area (Å²) in [6, 6.07) is 3.21. The third-order valence-corrected chi connectivity index (χ3v) is 2.56. The molecule has 0 spiro atoms. The molecule has 0 aliphatic rings. The highest BCUT2D eigenvalue weighted by Gasteiger charge is 2.20. The third kappa shape index (κ3) is 2.48. The first-order valence-corrected chi connectivity index (χ1v) is 5.45. The molecule has 0 atom stereocenters. The minimum absolute atomic E-state index is 0.116. The second-order valence-corrected chi connectivity index (χ2v) is 3.98. The Bertz CT molecular complexity index is 697. The maximum atomic E-state index is 13.7. The average molecular weight is 281 g/mol. The van der Waals surface area contributed by atoms with Gasteiger partial charge in [0.25, 0.3) is 5.91 Å². The number of hydrogen-bond acceptors (Lipinski definition) is 3. The summed E-state index contributed by atoms with van der Waals surface area (Å²) in [6.45, 7) is 1.39. The summed E-state index contributed by atoms with van der Waals surface area (Å²) in [4.78, 5) is 22.4. The Morgan fingerprint density at radius 1 is 1.35 bits per heavy atom. The zero-order valence-electron chi connectivity index (χ0n) is 10.2. The van der Waals surface area contributed by atoms with E-state index in [-0.39, 0.29) is 17.1 Å². The van der Waals surface area contributed by atoms with Crippen molar-refractivity contribution in [3.63, 3.8) is 0 Å². The molecule has 0 saturated heterocycles. The number of nitrogens with zero attached hydrogens (tertiary/aromatic N) is 1. The monoisotopic (exact) mass is 281 g/mol. The zero-order chi connectivity index (χ0) is 14.9. The third-order valence-electron chi connectivity index (χ3n) is 2.56. The summed E-state index contributed by atoms with van der Waals surface area (Å²) in [5, 5.41) is 16.4. The molecule has 0 fully saturated rings. The number of aromatic nitrogens is 2. The molecular formula is C12H9F2N3O3. The van der Waals surface area contributed by atoms with Gasteiger partial charge in [0.05, 0.1) is 0 Å². The SMILES string of the molecule is Cc1ccc(F)c(C(=O)Nc2cc(C(=O)O)[nH]n2)c1F. The van der Waals surface area contributed by atoms with Gasteiger partial charge in [0.2, 0.25) is 0 Å². The van der Waals surface area contributed by atoms with Crippen LogP contribution >= 0.6 is 0 Å². The van der Waals surface area contributed by atoms with E-state index < -0.39 is 29.1 Å². The van der Waals surface area contributed by atoms with Crippen LogP contribution in [0.1, 0.15) is 26.4 Å². The minimum Gasteiger partial charge on any atom is -0.477 e. The van der Waals surface area contributed by atoms with E-state index in [0.29, 0.717) is 0 Å². The van der Waals surface area contributed by atoms with Crippen molar-refractivity contribution in [1.29, 1.82) is 0 Å².